The van der Waals surface area contributed by atoms with Gasteiger partial charge in [0.2, 0.25) is 16.8 Å². The first-order valence-electron chi connectivity index (χ1n) is 7.98. The van der Waals surface area contributed by atoms with Crippen molar-refractivity contribution in [3.8, 4) is 11.5 Å². The van der Waals surface area contributed by atoms with Gasteiger partial charge in [-0.2, -0.15) is 5.10 Å². The van der Waals surface area contributed by atoms with Crippen molar-refractivity contribution >= 4 is 67.0 Å². The molecule has 0 saturated heterocycles. The number of rotatable bonds is 6. The second-order valence-electron chi connectivity index (χ2n) is 5.92. The Labute approximate surface area is 185 Å². The number of anilines is 1. The van der Waals surface area contributed by atoms with Gasteiger partial charge in [0.1, 0.15) is 6.54 Å². The van der Waals surface area contributed by atoms with Crippen LogP contribution < -0.4 is 19.2 Å². The van der Waals surface area contributed by atoms with Gasteiger partial charge in [-0.05, 0) is 46.3 Å². The number of amides is 1. The number of carbonyl (C=O) groups is 1. The zero-order valence-corrected chi connectivity index (χ0v) is 18.8. The van der Waals surface area contributed by atoms with Gasteiger partial charge in [-0.25, -0.2) is 13.8 Å². The summed E-state index contributed by atoms with van der Waals surface area (Å²) in [5.74, 6) is 0.503. The van der Waals surface area contributed by atoms with E-state index in [2.05, 4.69) is 26.5 Å². The summed E-state index contributed by atoms with van der Waals surface area (Å²) < 4.78 is 36.4. The molecular weight excluding hydrogens is 509 g/mol. The minimum Gasteiger partial charge on any atom is -0.454 e. The van der Waals surface area contributed by atoms with Gasteiger partial charge < -0.3 is 9.47 Å². The van der Waals surface area contributed by atoms with Gasteiger partial charge in [-0.3, -0.25) is 9.10 Å². The van der Waals surface area contributed by atoms with Crippen LogP contribution in [0.25, 0.3) is 0 Å². The molecule has 12 heteroatoms. The van der Waals surface area contributed by atoms with E-state index >= 15 is 0 Å². The van der Waals surface area contributed by atoms with Crippen molar-refractivity contribution in [2.75, 3.05) is 23.9 Å². The van der Waals surface area contributed by atoms with Gasteiger partial charge in [0.05, 0.1) is 18.2 Å². The summed E-state index contributed by atoms with van der Waals surface area (Å²) in [6.07, 6.45) is 2.37. The van der Waals surface area contributed by atoms with Crippen LogP contribution in [0.1, 0.15) is 5.56 Å². The predicted molar refractivity (Wildman–Crippen MR) is 115 cm³/mol. The number of ether oxygens (including phenoxy) is 2. The molecule has 0 fully saturated rings. The molecule has 3 rings (SSSR count). The van der Waals surface area contributed by atoms with Crippen LogP contribution in [0.2, 0.25) is 10.0 Å². The van der Waals surface area contributed by atoms with Gasteiger partial charge in [0.25, 0.3) is 5.91 Å². The smallest absolute Gasteiger partial charge is 0.260 e. The summed E-state index contributed by atoms with van der Waals surface area (Å²) in [5.41, 5.74) is 3.10. The number of hydrogen-bond donors (Lipinski definition) is 1. The third kappa shape index (κ3) is 5.53. The fourth-order valence-corrected chi connectivity index (χ4v) is 4.23. The molecule has 1 N–H and O–H groups in total. The van der Waals surface area contributed by atoms with Crippen LogP contribution in [0, 0.1) is 0 Å². The Morgan fingerprint density at radius 2 is 1.83 bits per heavy atom. The summed E-state index contributed by atoms with van der Waals surface area (Å²) >= 11 is 15.2. The average molecular weight is 523 g/mol. The number of fused-ring (bicyclic) bond motifs is 1. The number of hydrogen-bond acceptors (Lipinski definition) is 6. The first-order valence-corrected chi connectivity index (χ1v) is 11.4. The van der Waals surface area contributed by atoms with Crippen LogP contribution in [0.3, 0.4) is 0 Å². The van der Waals surface area contributed by atoms with E-state index in [1.165, 1.54) is 24.4 Å². The lowest BCUT2D eigenvalue weighted by molar-refractivity contribution is -0.119. The van der Waals surface area contributed by atoms with Crippen molar-refractivity contribution in [3.05, 3.63) is 50.4 Å². The normalized spacial score (nSPS) is 13.0. The summed E-state index contributed by atoms with van der Waals surface area (Å²) in [7, 11) is -3.77. The van der Waals surface area contributed by atoms with Crippen LogP contribution in [0.4, 0.5) is 5.69 Å². The summed E-state index contributed by atoms with van der Waals surface area (Å²) in [6.45, 7) is -0.372. The van der Waals surface area contributed by atoms with Crippen molar-refractivity contribution in [1.82, 2.24) is 5.43 Å². The first-order chi connectivity index (χ1) is 13.6. The van der Waals surface area contributed by atoms with Gasteiger partial charge in [-0.15, -0.1) is 0 Å². The highest BCUT2D eigenvalue weighted by Gasteiger charge is 2.22. The maximum absolute atomic E-state index is 12.3. The molecule has 8 nitrogen and oxygen atoms in total. The highest BCUT2D eigenvalue weighted by Crippen LogP contribution is 2.36. The van der Waals surface area contributed by atoms with Crippen molar-refractivity contribution in [3.63, 3.8) is 0 Å². The summed E-state index contributed by atoms with van der Waals surface area (Å²) in [4.78, 5) is 12.3. The largest absolute Gasteiger partial charge is 0.454 e. The molecule has 1 aliphatic heterocycles. The van der Waals surface area contributed by atoms with E-state index in [4.69, 9.17) is 32.7 Å². The topological polar surface area (TPSA) is 97.3 Å². The lowest BCUT2D eigenvalue weighted by atomic mass is 10.2. The number of carbonyl (C=O) groups excluding carboxylic acids is 1. The zero-order valence-electron chi connectivity index (χ0n) is 14.9. The van der Waals surface area contributed by atoms with E-state index in [0.717, 1.165) is 10.6 Å². The SMILES string of the molecule is CS(=O)(=O)N(CC(=O)N/N=C\c1cc2c(cc1Br)OCO2)c1cc(Cl)cc(Cl)c1. The Bertz CT molecular complexity index is 1070. The second-order valence-corrected chi connectivity index (χ2v) is 9.55. The van der Waals surface area contributed by atoms with Crippen LogP contribution in [0.5, 0.6) is 11.5 Å². The van der Waals surface area contributed by atoms with Crippen molar-refractivity contribution in [2.45, 2.75) is 0 Å². The third-order valence-electron chi connectivity index (χ3n) is 3.71. The molecular formula is C17H14BrCl2N3O5S. The monoisotopic (exact) mass is 521 g/mol. The number of halogens is 3. The summed E-state index contributed by atoms with van der Waals surface area (Å²) in [6, 6.07) is 7.67. The van der Waals surface area contributed by atoms with E-state index in [1.54, 1.807) is 12.1 Å². The van der Waals surface area contributed by atoms with E-state index in [-0.39, 0.29) is 22.5 Å². The molecule has 0 aromatic heterocycles. The number of sulfonamides is 1. The number of nitrogens with one attached hydrogen (secondary N) is 1. The van der Waals surface area contributed by atoms with Crippen LogP contribution in [-0.2, 0) is 14.8 Å². The highest BCUT2D eigenvalue weighted by molar-refractivity contribution is 9.10. The van der Waals surface area contributed by atoms with Crippen molar-refractivity contribution < 1.29 is 22.7 Å². The summed E-state index contributed by atoms with van der Waals surface area (Å²) in [5, 5.41) is 4.35. The Morgan fingerprint density at radius 3 is 2.45 bits per heavy atom. The van der Waals surface area contributed by atoms with E-state index in [1.807, 2.05) is 0 Å². The lowest BCUT2D eigenvalue weighted by Gasteiger charge is -2.21. The number of hydrazone groups is 1. The molecule has 1 aliphatic rings. The fraction of sp³-hybridized carbons (Fsp3) is 0.176. The van der Waals surface area contributed by atoms with Gasteiger partial charge in [0.15, 0.2) is 11.5 Å². The van der Waals surface area contributed by atoms with Gasteiger partial charge in [0, 0.05) is 20.1 Å². The molecule has 29 heavy (non-hydrogen) atoms. The van der Waals surface area contributed by atoms with Gasteiger partial charge >= 0.3 is 0 Å². The van der Waals surface area contributed by atoms with Crippen LogP contribution in [-0.4, -0.2) is 40.1 Å². The number of benzene rings is 2. The molecule has 1 heterocycles. The molecule has 0 spiro atoms. The van der Waals surface area contributed by atoms with E-state index in [9.17, 15) is 13.2 Å². The quantitative estimate of drug-likeness (QED) is 0.463. The standard InChI is InChI=1S/C17H14BrCl2N3O5S/c1-29(25,26)23(13-4-11(19)3-12(20)5-13)8-17(24)22-21-7-10-2-15-16(6-14(10)18)28-9-27-15/h2-7H,8-9H2,1H3,(H,22,24)/b21-7-. The van der Waals surface area contributed by atoms with Crippen molar-refractivity contribution in [1.29, 1.82) is 0 Å². The molecule has 0 unspecified atom stereocenters. The molecule has 154 valence electrons. The highest BCUT2D eigenvalue weighted by atomic mass is 79.9. The molecule has 0 radical (unpaired) electrons. The molecule has 2 aromatic rings. The molecule has 0 atom stereocenters. The maximum atomic E-state index is 12.3. The predicted octanol–water partition coefficient (Wildman–Crippen LogP) is 3.40. The fourth-order valence-electron chi connectivity index (χ4n) is 2.45. The third-order valence-corrected chi connectivity index (χ3v) is 5.97. The molecule has 1 amide bonds. The first kappa shape index (κ1) is 21.7. The Hall–Kier alpha value is -2.01. The Kier molecular flexibility index (Phi) is 6.57. The van der Waals surface area contributed by atoms with Crippen LogP contribution in [0.15, 0.2) is 39.9 Å². The minimum atomic E-state index is -3.77. The molecule has 0 saturated carbocycles. The number of nitrogens with zero attached hydrogens (tertiary/aromatic N) is 2. The lowest BCUT2D eigenvalue weighted by Crippen LogP contribution is -2.39. The molecule has 0 aliphatic carbocycles. The second kappa shape index (κ2) is 8.78. The van der Waals surface area contributed by atoms with E-state index in [0.29, 0.717) is 21.5 Å². The molecule has 2 aromatic carbocycles. The minimum absolute atomic E-state index is 0.133. The Morgan fingerprint density at radius 1 is 1.21 bits per heavy atom. The average Bonchev–Trinajstić information content (AvgIpc) is 3.05. The zero-order chi connectivity index (χ0) is 21.2. The maximum Gasteiger partial charge on any atom is 0.260 e. The van der Waals surface area contributed by atoms with Gasteiger partial charge in [-0.1, -0.05) is 23.2 Å². The van der Waals surface area contributed by atoms with E-state index < -0.39 is 22.5 Å². The van der Waals surface area contributed by atoms with Crippen molar-refractivity contribution in [2.24, 2.45) is 5.10 Å². The van der Waals surface area contributed by atoms with Crippen LogP contribution >= 0.6 is 39.1 Å². The Balaban J connectivity index is 1.72. The molecule has 0 bridgehead atoms.